The van der Waals surface area contributed by atoms with Crippen LogP contribution in [-0.4, -0.2) is 22.8 Å². The van der Waals surface area contributed by atoms with Gasteiger partial charge in [0.1, 0.15) is 0 Å². The molecule has 0 aliphatic heterocycles. The van der Waals surface area contributed by atoms with Crippen LogP contribution in [0.4, 0.5) is 24.5 Å². The number of para-hydroxylation sites is 2. The minimum absolute atomic E-state index is 0.00436. The van der Waals surface area contributed by atoms with Gasteiger partial charge in [0, 0.05) is 5.69 Å². The van der Waals surface area contributed by atoms with E-state index in [1.165, 1.54) is 25.1 Å². The van der Waals surface area contributed by atoms with Crippen molar-refractivity contribution in [3.05, 3.63) is 60.2 Å². The molecule has 0 bridgehead atoms. The van der Waals surface area contributed by atoms with E-state index in [0.717, 1.165) is 17.8 Å². The van der Waals surface area contributed by atoms with Crippen LogP contribution < -0.4 is 10.6 Å². The summed E-state index contributed by atoms with van der Waals surface area (Å²) < 4.78 is 38.9. The zero-order valence-corrected chi connectivity index (χ0v) is 14.7. The minimum atomic E-state index is -4.56. The fraction of sp³-hybridized carbons (Fsp3) is 0.222. The topological polar surface area (TPSA) is 58.2 Å². The van der Waals surface area contributed by atoms with Gasteiger partial charge in [0.25, 0.3) is 0 Å². The van der Waals surface area contributed by atoms with Crippen LogP contribution >= 0.6 is 11.8 Å². The third-order valence-electron chi connectivity index (χ3n) is 3.38. The van der Waals surface area contributed by atoms with E-state index in [-0.39, 0.29) is 17.3 Å². The molecule has 0 unspecified atom stereocenters. The zero-order valence-electron chi connectivity index (χ0n) is 13.8. The van der Waals surface area contributed by atoms with Gasteiger partial charge in [-0.1, -0.05) is 30.3 Å². The average Bonchev–Trinajstić information content (AvgIpc) is 2.60. The van der Waals surface area contributed by atoms with E-state index in [2.05, 4.69) is 10.6 Å². The predicted molar refractivity (Wildman–Crippen MR) is 97.1 cm³/mol. The molecule has 0 saturated heterocycles. The molecule has 0 aliphatic carbocycles. The molecule has 0 fully saturated rings. The molecule has 0 radical (unpaired) electrons. The molecule has 0 saturated carbocycles. The Kier molecular flexibility index (Phi) is 6.68. The van der Waals surface area contributed by atoms with Gasteiger partial charge in [-0.05, 0) is 31.2 Å². The molecule has 2 amide bonds. The largest absolute Gasteiger partial charge is 0.418 e. The highest BCUT2D eigenvalue weighted by molar-refractivity contribution is 8.01. The fourth-order valence-electron chi connectivity index (χ4n) is 2.07. The monoisotopic (exact) mass is 382 g/mol. The Bertz CT molecular complexity index is 767. The molecular weight excluding hydrogens is 365 g/mol. The van der Waals surface area contributed by atoms with E-state index in [1.807, 2.05) is 6.07 Å². The third kappa shape index (κ3) is 5.80. The first-order valence-corrected chi connectivity index (χ1v) is 8.76. The maximum atomic E-state index is 13.0. The van der Waals surface area contributed by atoms with Gasteiger partial charge < -0.3 is 10.6 Å². The lowest BCUT2D eigenvalue weighted by Gasteiger charge is -2.16. The second kappa shape index (κ2) is 8.75. The van der Waals surface area contributed by atoms with Crippen LogP contribution in [-0.2, 0) is 15.8 Å². The standard InChI is InChI=1S/C18H17F3N2O2S/c1-12(26-11-16(24)22-13-7-3-2-4-8-13)17(25)23-15-10-6-5-9-14(15)18(19,20)21/h2-10,12H,11H2,1H3,(H,22,24)(H,23,25)/t12-/m0/s1. The number of carbonyl (C=O) groups is 2. The first-order valence-electron chi connectivity index (χ1n) is 7.71. The highest BCUT2D eigenvalue weighted by atomic mass is 32.2. The van der Waals surface area contributed by atoms with Crippen molar-refractivity contribution in [2.24, 2.45) is 0 Å². The van der Waals surface area contributed by atoms with Crippen molar-refractivity contribution in [3.63, 3.8) is 0 Å². The maximum absolute atomic E-state index is 13.0. The van der Waals surface area contributed by atoms with Crippen LogP contribution in [0.25, 0.3) is 0 Å². The number of nitrogens with one attached hydrogen (secondary N) is 2. The summed E-state index contributed by atoms with van der Waals surface area (Å²) >= 11 is 1.04. The van der Waals surface area contributed by atoms with Gasteiger partial charge in [0.2, 0.25) is 11.8 Å². The van der Waals surface area contributed by atoms with Gasteiger partial charge in [-0.2, -0.15) is 13.2 Å². The Morgan fingerprint density at radius 1 is 1.00 bits per heavy atom. The number of amides is 2. The van der Waals surface area contributed by atoms with Crippen molar-refractivity contribution in [3.8, 4) is 0 Å². The van der Waals surface area contributed by atoms with Crippen LogP contribution in [0.1, 0.15) is 12.5 Å². The van der Waals surface area contributed by atoms with E-state index in [9.17, 15) is 22.8 Å². The number of hydrogen-bond acceptors (Lipinski definition) is 3. The summed E-state index contributed by atoms with van der Waals surface area (Å²) in [5, 5.41) is 4.26. The van der Waals surface area contributed by atoms with Gasteiger partial charge >= 0.3 is 6.18 Å². The number of benzene rings is 2. The fourth-order valence-corrected chi connectivity index (χ4v) is 2.75. The Labute approximate surface area is 153 Å². The summed E-state index contributed by atoms with van der Waals surface area (Å²) in [6.07, 6.45) is -4.56. The van der Waals surface area contributed by atoms with Crippen molar-refractivity contribution in [1.29, 1.82) is 0 Å². The average molecular weight is 382 g/mol. The molecule has 1 atom stereocenters. The Morgan fingerprint density at radius 3 is 2.27 bits per heavy atom. The molecule has 4 nitrogen and oxygen atoms in total. The van der Waals surface area contributed by atoms with E-state index in [1.54, 1.807) is 24.3 Å². The normalized spacial score (nSPS) is 12.3. The quantitative estimate of drug-likeness (QED) is 0.778. The Balaban J connectivity index is 1.89. The van der Waals surface area contributed by atoms with Crippen molar-refractivity contribution in [1.82, 2.24) is 0 Å². The minimum Gasteiger partial charge on any atom is -0.325 e. The molecule has 0 spiro atoms. The Morgan fingerprint density at radius 2 is 1.62 bits per heavy atom. The molecule has 0 aliphatic rings. The molecule has 0 aromatic heterocycles. The first kappa shape index (κ1) is 19.8. The summed E-state index contributed by atoms with van der Waals surface area (Å²) in [5.74, 6) is -0.888. The summed E-state index contributed by atoms with van der Waals surface area (Å²) in [6, 6.07) is 13.6. The van der Waals surface area contributed by atoms with Gasteiger partial charge in [-0.3, -0.25) is 9.59 Å². The van der Waals surface area contributed by atoms with E-state index in [4.69, 9.17) is 0 Å². The number of carbonyl (C=O) groups excluding carboxylic acids is 2. The SMILES string of the molecule is C[C@H](SCC(=O)Nc1ccccc1)C(=O)Nc1ccccc1C(F)(F)F. The molecule has 2 rings (SSSR count). The van der Waals surface area contributed by atoms with Gasteiger partial charge in [0.05, 0.1) is 22.3 Å². The predicted octanol–water partition coefficient (Wildman–Crippen LogP) is 4.40. The van der Waals surface area contributed by atoms with Crippen molar-refractivity contribution < 1.29 is 22.8 Å². The lowest BCUT2D eigenvalue weighted by molar-refractivity contribution is -0.137. The van der Waals surface area contributed by atoms with E-state index in [0.29, 0.717) is 5.69 Å². The smallest absolute Gasteiger partial charge is 0.325 e. The van der Waals surface area contributed by atoms with E-state index >= 15 is 0 Å². The van der Waals surface area contributed by atoms with Crippen molar-refractivity contribution in [2.75, 3.05) is 16.4 Å². The van der Waals surface area contributed by atoms with Gasteiger partial charge in [-0.15, -0.1) is 11.8 Å². The number of halogens is 3. The molecule has 0 heterocycles. The van der Waals surface area contributed by atoms with Crippen LogP contribution in [0.2, 0.25) is 0 Å². The second-order valence-electron chi connectivity index (χ2n) is 5.40. The molecule has 138 valence electrons. The van der Waals surface area contributed by atoms with Gasteiger partial charge in [-0.25, -0.2) is 0 Å². The van der Waals surface area contributed by atoms with Crippen molar-refractivity contribution in [2.45, 2.75) is 18.3 Å². The lowest BCUT2D eigenvalue weighted by Crippen LogP contribution is -2.26. The highest BCUT2D eigenvalue weighted by Gasteiger charge is 2.33. The summed E-state index contributed by atoms with van der Waals surface area (Å²) in [5.41, 5.74) is -0.576. The zero-order chi connectivity index (χ0) is 19.2. The number of rotatable bonds is 6. The molecule has 2 aromatic rings. The molecular formula is C18H17F3N2O2S. The van der Waals surface area contributed by atoms with Crippen molar-refractivity contribution >= 4 is 35.0 Å². The number of thioether (sulfide) groups is 1. The van der Waals surface area contributed by atoms with E-state index < -0.39 is 22.9 Å². The summed E-state index contributed by atoms with van der Waals surface area (Å²) in [6.45, 7) is 1.53. The summed E-state index contributed by atoms with van der Waals surface area (Å²) in [7, 11) is 0. The van der Waals surface area contributed by atoms with Crippen LogP contribution in [0.3, 0.4) is 0 Å². The molecule has 2 N–H and O–H groups in total. The van der Waals surface area contributed by atoms with Crippen LogP contribution in [0, 0.1) is 0 Å². The number of anilines is 2. The Hall–Kier alpha value is -2.48. The van der Waals surface area contributed by atoms with Crippen LogP contribution in [0.15, 0.2) is 54.6 Å². The third-order valence-corrected chi connectivity index (χ3v) is 4.52. The molecule has 2 aromatic carbocycles. The maximum Gasteiger partial charge on any atom is 0.418 e. The summed E-state index contributed by atoms with van der Waals surface area (Å²) in [4.78, 5) is 24.0. The van der Waals surface area contributed by atoms with Crippen LogP contribution in [0.5, 0.6) is 0 Å². The van der Waals surface area contributed by atoms with Gasteiger partial charge in [0.15, 0.2) is 0 Å². The highest BCUT2D eigenvalue weighted by Crippen LogP contribution is 2.34. The number of alkyl halides is 3. The second-order valence-corrected chi connectivity index (χ2v) is 6.73. The number of hydrogen-bond donors (Lipinski definition) is 2. The first-order chi connectivity index (χ1) is 12.3. The molecule has 8 heteroatoms. The molecule has 26 heavy (non-hydrogen) atoms. The lowest BCUT2D eigenvalue weighted by atomic mass is 10.1.